The largest absolute Gasteiger partial charge is 0.309 e. The summed E-state index contributed by atoms with van der Waals surface area (Å²) in [6, 6.07) is 0. The van der Waals surface area contributed by atoms with Gasteiger partial charge < -0.3 is 4.90 Å². The predicted molar refractivity (Wildman–Crippen MR) is 36.2 cm³/mol. The zero-order valence-corrected chi connectivity index (χ0v) is 6.62. The molecule has 0 N–H and O–H groups in total. The Labute approximate surface area is 60.0 Å². The highest BCUT2D eigenvalue weighted by Gasteiger charge is 2.67. The molecule has 0 saturated heterocycles. The van der Waals surface area contributed by atoms with Crippen LogP contribution in [0.2, 0.25) is 0 Å². The Kier molecular flexibility index (Phi) is 1.51. The summed E-state index contributed by atoms with van der Waals surface area (Å²) in [7, 11) is 3.64. The molecule has 10 heavy (non-hydrogen) atoms. The van der Waals surface area contributed by atoms with E-state index in [9.17, 15) is 8.78 Å². The minimum Gasteiger partial charge on any atom is -0.309 e. The van der Waals surface area contributed by atoms with Crippen molar-refractivity contribution >= 4 is 0 Å². The van der Waals surface area contributed by atoms with Crippen molar-refractivity contribution in [2.75, 3.05) is 20.6 Å². The summed E-state index contributed by atoms with van der Waals surface area (Å²) in [5.41, 5.74) is -0.740. The predicted octanol–water partition coefficient (Wildman–Crippen LogP) is 1.59. The van der Waals surface area contributed by atoms with Gasteiger partial charge in [0.2, 0.25) is 0 Å². The molecule has 1 rings (SSSR count). The van der Waals surface area contributed by atoms with E-state index in [0.717, 1.165) is 0 Å². The van der Waals surface area contributed by atoms with Crippen molar-refractivity contribution in [3.05, 3.63) is 0 Å². The minimum absolute atomic E-state index is 0.0537. The highest BCUT2D eigenvalue weighted by Crippen LogP contribution is 2.60. The zero-order chi connectivity index (χ0) is 7.99. The molecule has 0 aromatic rings. The number of rotatable bonds is 2. The van der Waals surface area contributed by atoms with Crippen LogP contribution in [-0.2, 0) is 0 Å². The molecule has 1 atom stereocenters. The highest BCUT2D eigenvalue weighted by molar-refractivity contribution is 5.08. The number of nitrogens with zero attached hydrogens (tertiary/aromatic N) is 1. The van der Waals surface area contributed by atoms with E-state index < -0.39 is 11.3 Å². The first kappa shape index (κ1) is 7.92. The van der Waals surface area contributed by atoms with E-state index in [2.05, 4.69) is 0 Å². The first-order valence-electron chi connectivity index (χ1n) is 3.40. The molecule has 0 amide bonds. The van der Waals surface area contributed by atoms with Gasteiger partial charge in [0.05, 0.1) is 0 Å². The van der Waals surface area contributed by atoms with E-state index in [1.165, 1.54) is 0 Å². The topological polar surface area (TPSA) is 3.24 Å². The van der Waals surface area contributed by atoms with Gasteiger partial charge in [-0.1, -0.05) is 6.92 Å². The van der Waals surface area contributed by atoms with Crippen LogP contribution in [0.25, 0.3) is 0 Å². The highest BCUT2D eigenvalue weighted by atomic mass is 19.3. The maximum atomic E-state index is 12.5. The third kappa shape index (κ3) is 1.15. The summed E-state index contributed by atoms with van der Waals surface area (Å²) >= 11 is 0. The van der Waals surface area contributed by atoms with Gasteiger partial charge in [0.1, 0.15) is 0 Å². The second-order valence-electron chi connectivity index (χ2n) is 3.68. The molecule has 0 heterocycles. The van der Waals surface area contributed by atoms with E-state index in [0.29, 0.717) is 6.54 Å². The molecule has 3 heteroatoms. The van der Waals surface area contributed by atoms with Gasteiger partial charge >= 0.3 is 0 Å². The lowest BCUT2D eigenvalue weighted by Crippen LogP contribution is -2.24. The van der Waals surface area contributed by atoms with Crippen LogP contribution in [0.5, 0.6) is 0 Å². The Bertz CT molecular complexity index is 145. The van der Waals surface area contributed by atoms with E-state index in [-0.39, 0.29) is 6.42 Å². The van der Waals surface area contributed by atoms with Crippen LogP contribution in [0.3, 0.4) is 0 Å². The van der Waals surface area contributed by atoms with Crippen LogP contribution in [-0.4, -0.2) is 31.5 Å². The summed E-state index contributed by atoms with van der Waals surface area (Å²) in [5.74, 6) is -2.41. The molecule has 0 aliphatic heterocycles. The van der Waals surface area contributed by atoms with Crippen LogP contribution in [0.4, 0.5) is 8.78 Å². The van der Waals surface area contributed by atoms with Gasteiger partial charge in [-0.15, -0.1) is 0 Å². The zero-order valence-electron chi connectivity index (χ0n) is 6.62. The number of hydrogen-bond acceptors (Lipinski definition) is 1. The number of hydrogen-bond donors (Lipinski definition) is 0. The Morgan fingerprint density at radius 1 is 1.40 bits per heavy atom. The van der Waals surface area contributed by atoms with Gasteiger partial charge in [0.25, 0.3) is 5.92 Å². The average Bonchev–Trinajstić information content (AvgIpc) is 2.01. The molecule has 0 aromatic carbocycles. The molecule has 1 aliphatic rings. The standard InChI is InChI=1S/C7H13F2N/c1-6(5-10(2)3)4-7(6,8)9/h4-5H2,1-3H3. The molecule has 0 spiro atoms. The molecule has 0 radical (unpaired) electrons. The quantitative estimate of drug-likeness (QED) is 0.576. The van der Waals surface area contributed by atoms with E-state index in [1.807, 2.05) is 14.1 Å². The second kappa shape index (κ2) is 1.91. The van der Waals surface area contributed by atoms with Crippen molar-refractivity contribution in [1.29, 1.82) is 0 Å². The summed E-state index contributed by atoms with van der Waals surface area (Å²) in [6.07, 6.45) is 0.0537. The fourth-order valence-electron chi connectivity index (χ4n) is 1.32. The fraction of sp³-hybridized carbons (Fsp3) is 1.00. The smallest absolute Gasteiger partial charge is 0.255 e. The van der Waals surface area contributed by atoms with Gasteiger partial charge in [-0.2, -0.15) is 0 Å². The van der Waals surface area contributed by atoms with Crippen molar-refractivity contribution < 1.29 is 8.78 Å². The van der Waals surface area contributed by atoms with Crippen LogP contribution in [0, 0.1) is 5.41 Å². The van der Waals surface area contributed by atoms with Crippen LogP contribution in [0.1, 0.15) is 13.3 Å². The number of halogens is 2. The maximum Gasteiger partial charge on any atom is 0.255 e. The van der Waals surface area contributed by atoms with Crippen LogP contribution >= 0.6 is 0 Å². The van der Waals surface area contributed by atoms with E-state index in [4.69, 9.17) is 0 Å². The third-order valence-corrected chi connectivity index (χ3v) is 2.04. The van der Waals surface area contributed by atoms with Crippen molar-refractivity contribution in [2.45, 2.75) is 19.3 Å². The number of alkyl halides is 2. The SMILES string of the molecule is CN(C)CC1(C)CC1(F)F. The maximum absolute atomic E-state index is 12.5. The Morgan fingerprint density at radius 3 is 1.90 bits per heavy atom. The van der Waals surface area contributed by atoms with Crippen molar-refractivity contribution in [3.63, 3.8) is 0 Å². The minimum atomic E-state index is -2.41. The van der Waals surface area contributed by atoms with Gasteiger partial charge in [0.15, 0.2) is 0 Å². The molecule has 1 fully saturated rings. The normalized spacial score (nSPS) is 36.6. The molecular formula is C7H13F2N. The monoisotopic (exact) mass is 149 g/mol. The average molecular weight is 149 g/mol. The van der Waals surface area contributed by atoms with Gasteiger partial charge in [-0.3, -0.25) is 0 Å². The summed E-state index contributed by atoms with van der Waals surface area (Å²) < 4.78 is 25.0. The van der Waals surface area contributed by atoms with Gasteiger partial charge in [-0.05, 0) is 14.1 Å². The molecule has 1 saturated carbocycles. The Balaban J connectivity index is 2.44. The van der Waals surface area contributed by atoms with Crippen molar-refractivity contribution in [3.8, 4) is 0 Å². The van der Waals surface area contributed by atoms with E-state index in [1.54, 1.807) is 11.8 Å². The molecular weight excluding hydrogens is 136 g/mol. The lowest BCUT2D eigenvalue weighted by Gasteiger charge is -2.15. The first-order valence-corrected chi connectivity index (χ1v) is 3.40. The Morgan fingerprint density at radius 2 is 1.80 bits per heavy atom. The van der Waals surface area contributed by atoms with Gasteiger partial charge in [-0.25, -0.2) is 8.78 Å². The molecule has 60 valence electrons. The molecule has 0 aromatic heterocycles. The van der Waals surface area contributed by atoms with Crippen LogP contribution in [0.15, 0.2) is 0 Å². The fourth-order valence-corrected chi connectivity index (χ4v) is 1.32. The second-order valence-corrected chi connectivity index (χ2v) is 3.68. The Hall–Kier alpha value is -0.180. The first-order chi connectivity index (χ1) is 4.37. The third-order valence-electron chi connectivity index (χ3n) is 2.04. The molecule has 1 nitrogen and oxygen atoms in total. The lowest BCUT2D eigenvalue weighted by atomic mass is 10.1. The summed E-state index contributed by atoms with van der Waals surface area (Å²) in [6.45, 7) is 2.12. The van der Waals surface area contributed by atoms with Crippen LogP contribution < -0.4 is 0 Å². The molecule has 0 bridgehead atoms. The lowest BCUT2D eigenvalue weighted by molar-refractivity contribution is 0.0599. The summed E-state index contributed by atoms with van der Waals surface area (Å²) in [4.78, 5) is 1.81. The molecule has 1 aliphatic carbocycles. The molecule has 1 unspecified atom stereocenters. The summed E-state index contributed by atoms with van der Waals surface area (Å²) in [5, 5.41) is 0. The van der Waals surface area contributed by atoms with Crippen molar-refractivity contribution in [2.24, 2.45) is 5.41 Å². The van der Waals surface area contributed by atoms with E-state index >= 15 is 0 Å². The van der Waals surface area contributed by atoms with Crippen molar-refractivity contribution in [1.82, 2.24) is 4.90 Å². The van der Waals surface area contributed by atoms with Gasteiger partial charge in [0, 0.05) is 18.4 Å².